The van der Waals surface area contributed by atoms with E-state index in [-0.39, 0.29) is 0 Å². The minimum atomic E-state index is 0.332. The molecule has 0 saturated carbocycles. The summed E-state index contributed by atoms with van der Waals surface area (Å²) in [5, 5.41) is 17.8. The molecule has 3 aromatic carbocycles. The van der Waals surface area contributed by atoms with Crippen molar-refractivity contribution in [3.05, 3.63) is 84.4 Å². The Morgan fingerprint density at radius 1 is 0.710 bits per heavy atom. The maximum absolute atomic E-state index is 9.11. The molecule has 1 heterocycles. The van der Waals surface area contributed by atoms with Gasteiger partial charge in [-0.2, -0.15) is 5.26 Å². The molecular formula is C25H19N3O3. The first-order chi connectivity index (χ1) is 15.2. The lowest BCUT2D eigenvalue weighted by Crippen LogP contribution is -1.97. The van der Waals surface area contributed by atoms with Gasteiger partial charge in [-0.1, -0.05) is 18.2 Å². The van der Waals surface area contributed by atoms with E-state index < -0.39 is 0 Å². The van der Waals surface area contributed by atoms with Gasteiger partial charge < -0.3 is 14.2 Å². The molecule has 0 fully saturated rings. The van der Waals surface area contributed by atoms with Crippen molar-refractivity contribution in [3.8, 4) is 51.6 Å². The number of hydrogen-bond acceptors (Lipinski definition) is 6. The number of hydrogen-bond donors (Lipinski definition) is 0. The van der Waals surface area contributed by atoms with Crippen LogP contribution in [0.3, 0.4) is 0 Å². The number of nitrogens with zero attached hydrogens (tertiary/aromatic N) is 3. The van der Waals surface area contributed by atoms with Gasteiger partial charge in [-0.05, 0) is 60.2 Å². The smallest absolute Gasteiger partial charge is 0.239 e. The predicted octanol–water partition coefficient (Wildman–Crippen LogP) is 5.49. The van der Waals surface area contributed by atoms with Crippen LogP contribution in [-0.2, 0) is 0 Å². The van der Waals surface area contributed by atoms with Gasteiger partial charge in [-0.3, -0.25) is 0 Å². The van der Waals surface area contributed by atoms with Gasteiger partial charge in [0.1, 0.15) is 22.9 Å². The first-order valence-corrected chi connectivity index (χ1v) is 9.55. The number of benzene rings is 3. The van der Waals surface area contributed by atoms with Crippen molar-refractivity contribution in [3.63, 3.8) is 0 Å². The van der Waals surface area contributed by atoms with Gasteiger partial charge in [-0.25, -0.2) is 0 Å². The maximum Gasteiger partial charge on any atom is 0.239 e. The molecular weight excluding hydrogens is 390 g/mol. The second-order valence-electron chi connectivity index (χ2n) is 6.64. The highest BCUT2D eigenvalue weighted by Crippen LogP contribution is 2.34. The van der Waals surface area contributed by atoms with E-state index in [0.29, 0.717) is 22.9 Å². The molecule has 0 radical (unpaired) electrons. The Morgan fingerprint density at radius 2 is 1.35 bits per heavy atom. The Kier molecular flexibility index (Phi) is 5.77. The molecule has 6 heteroatoms. The zero-order valence-electron chi connectivity index (χ0n) is 17.1. The monoisotopic (exact) mass is 409 g/mol. The SMILES string of the molecule is COc1ccc(-c2cc(Oc3cccc(C#N)c3)nnc2-c2ccc(OC)cc2)cc1. The molecule has 0 aliphatic rings. The minimum Gasteiger partial charge on any atom is -0.497 e. The van der Waals surface area contributed by atoms with Crippen LogP contribution in [0.1, 0.15) is 5.56 Å². The van der Waals surface area contributed by atoms with Crippen molar-refractivity contribution in [1.29, 1.82) is 5.26 Å². The Balaban J connectivity index is 1.77. The lowest BCUT2D eigenvalue weighted by atomic mass is 10.00. The average Bonchev–Trinajstić information content (AvgIpc) is 2.84. The molecule has 0 bridgehead atoms. The standard InChI is InChI=1S/C25H19N3O3/c1-29-20-10-6-18(7-11-20)23-15-24(31-22-5-3-4-17(14-22)16-26)27-28-25(23)19-8-12-21(30-2)13-9-19/h3-15H,1-2H3. The summed E-state index contributed by atoms with van der Waals surface area (Å²) in [6, 6.07) is 26.2. The van der Waals surface area contributed by atoms with Gasteiger partial charge in [0.05, 0.1) is 25.9 Å². The lowest BCUT2D eigenvalue weighted by Gasteiger charge is -2.12. The Hall–Kier alpha value is -4.37. The zero-order valence-corrected chi connectivity index (χ0v) is 17.1. The van der Waals surface area contributed by atoms with E-state index >= 15 is 0 Å². The van der Waals surface area contributed by atoms with Gasteiger partial charge in [0.15, 0.2) is 0 Å². The molecule has 6 nitrogen and oxygen atoms in total. The third-order valence-corrected chi connectivity index (χ3v) is 4.72. The molecule has 0 aliphatic carbocycles. The molecule has 1 aromatic heterocycles. The topological polar surface area (TPSA) is 77.3 Å². The second-order valence-corrected chi connectivity index (χ2v) is 6.64. The van der Waals surface area contributed by atoms with Crippen LogP contribution in [0.15, 0.2) is 78.9 Å². The summed E-state index contributed by atoms with van der Waals surface area (Å²) >= 11 is 0. The number of methoxy groups -OCH3 is 2. The molecule has 4 rings (SSSR count). The lowest BCUT2D eigenvalue weighted by molar-refractivity contribution is 0.414. The molecule has 0 saturated heterocycles. The van der Waals surface area contributed by atoms with Crippen LogP contribution < -0.4 is 14.2 Å². The molecule has 0 N–H and O–H groups in total. The molecule has 0 spiro atoms. The van der Waals surface area contributed by atoms with Gasteiger partial charge in [-0.15, -0.1) is 10.2 Å². The van der Waals surface area contributed by atoms with Gasteiger partial charge in [0, 0.05) is 17.2 Å². The first-order valence-electron chi connectivity index (χ1n) is 9.55. The van der Waals surface area contributed by atoms with Crippen LogP contribution in [0.25, 0.3) is 22.4 Å². The largest absolute Gasteiger partial charge is 0.497 e. The number of aromatic nitrogens is 2. The van der Waals surface area contributed by atoms with Crippen LogP contribution in [0.4, 0.5) is 0 Å². The van der Waals surface area contributed by atoms with Crippen LogP contribution in [0.2, 0.25) is 0 Å². The quantitative estimate of drug-likeness (QED) is 0.419. The van der Waals surface area contributed by atoms with Crippen molar-refractivity contribution in [2.24, 2.45) is 0 Å². The fourth-order valence-electron chi connectivity index (χ4n) is 3.13. The van der Waals surface area contributed by atoms with E-state index in [1.54, 1.807) is 38.5 Å². The summed E-state index contributed by atoms with van der Waals surface area (Å²) in [5.41, 5.74) is 3.92. The summed E-state index contributed by atoms with van der Waals surface area (Å²) in [7, 11) is 3.26. The molecule has 0 aliphatic heterocycles. The van der Waals surface area contributed by atoms with Gasteiger partial charge in [0.25, 0.3) is 0 Å². The summed E-state index contributed by atoms with van der Waals surface area (Å²) in [6.45, 7) is 0. The molecule has 0 atom stereocenters. The second kappa shape index (κ2) is 8.97. The van der Waals surface area contributed by atoms with E-state index in [9.17, 15) is 0 Å². The molecule has 31 heavy (non-hydrogen) atoms. The minimum absolute atomic E-state index is 0.332. The van der Waals surface area contributed by atoms with E-state index in [4.69, 9.17) is 19.5 Å². The van der Waals surface area contributed by atoms with E-state index in [1.165, 1.54) is 0 Å². The number of rotatable bonds is 6. The Labute approximate surface area is 180 Å². The Morgan fingerprint density at radius 3 is 1.97 bits per heavy atom. The average molecular weight is 409 g/mol. The number of nitriles is 1. The van der Waals surface area contributed by atoms with E-state index in [0.717, 1.165) is 28.2 Å². The molecule has 0 amide bonds. The molecule has 0 unspecified atom stereocenters. The highest BCUT2D eigenvalue weighted by atomic mass is 16.5. The fraction of sp³-hybridized carbons (Fsp3) is 0.0800. The van der Waals surface area contributed by atoms with Crippen LogP contribution >= 0.6 is 0 Å². The fourth-order valence-corrected chi connectivity index (χ4v) is 3.13. The van der Waals surface area contributed by atoms with Crippen molar-refractivity contribution >= 4 is 0 Å². The van der Waals surface area contributed by atoms with Crippen LogP contribution in [-0.4, -0.2) is 24.4 Å². The summed E-state index contributed by atoms with van der Waals surface area (Å²) in [6.07, 6.45) is 0. The maximum atomic E-state index is 9.11. The van der Waals surface area contributed by atoms with E-state index in [2.05, 4.69) is 16.3 Å². The summed E-state index contributed by atoms with van der Waals surface area (Å²) in [4.78, 5) is 0. The highest BCUT2D eigenvalue weighted by Gasteiger charge is 2.14. The summed E-state index contributed by atoms with van der Waals surface area (Å²) < 4.78 is 16.4. The van der Waals surface area contributed by atoms with Crippen LogP contribution in [0, 0.1) is 11.3 Å². The zero-order chi connectivity index (χ0) is 21.6. The van der Waals surface area contributed by atoms with Gasteiger partial charge >= 0.3 is 0 Å². The third kappa shape index (κ3) is 4.46. The normalized spacial score (nSPS) is 10.2. The van der Waals surface area contributed by atoms with Crippen molar-refractivity contribution < 1.29 is 14.2 Å². The van der Waals surface area contributed by atoms with Crippen molar-refractivity contribution in [1.82, 2.24) is 10.2 Å². The predicted molar refractivity (Wildman–Crippen MR) is 117 cm³/mol. The first kappa shape index (κ1) is 19.9. The van der Waals surface area contributed by atoms with Gasteiger partial charge in [0.2, 0.25) is 5.88 Å². The molecule has 152 valence electrons. The highest BCUT2D eigenvalue weighted by molar-refractivity contribution is 5.81. The summed E-state index contributed by atoms with van der Waals surface area (Å²) in [5.74, 6) is 2.38. The molecule has 4 aromatic rings. The van der Waals surface area contributed by atoms with Crippen molar-refractivity contribution in [2.45, 2.75) is 0 Å². The Bertz CT molecular complexity index is 1230. The number of ether oxygens (including phenoxy) is 3. The van der Waals surface area contributed by atoms with Crippen LogP contribution in [0.5, 0.6) is 23.1 Å². The van der Waals surface area contributed by atoms with E-state index in [1.807, 2.05) is 54.6 Å². The van der Waals surface area contributed by atoms with Crippen molar-refractivity contribution in [2.75, 3.05) is 14.2 Å². The third-order valence-electron chi connectivity index (χ3n) is 4.72.